The second-order valence-corrected chi connectivity index (χ2v) is 13.5. The molecule has 0 fully saturated rings. The summed E-state index contributed by atoms with van der Waals surface area (Å²) in [5.74, 6) is 1.86. The lowest BCUT2D eigenvalue weighted by molar-refractivity contribution is 0.918. The maximum Gasteiger partial charge on any atom is 0.164 e. The molecule has 0 aliphatic rings. The van der Waals surface area contributed by atoms with Gasteiger partial charge in [-0.3, -0.25) is 0 Å². The summed E-state index contributed by atoms with van der Waals surface area (Å²) in [6, 6.07) is 69.2. The Hall–Kier alpha value is -7.50. The summed E-state index contributed by atoms with van der Waals surface area (Å²) >= 11 is 0. The molecule has 0 bridgehead atoms. The predicted octanol–water partition coefficient (Wildman–Crippen LogP) is 12.4. The van der Waals surface area contributed by atoms with Crippen LogP contribution < -0.4 is 0 Å². The van der Waals surface area contributed by atoms with Gasteiger partial charge in [0.1, 0.15) is 5.69 Å². The fourth-order valence-electron chi connectivity index (χ4n) is 7.38. The quantitative estimate of drug-likeness (QED) is 0.166. The van der Waals surface area contributed by atoms with E-state index in [0.29, 0.717) is 17.5 Å². The van der Waals surface area contributed by atoms with Crippen LogP contribution in [0.15, 0.2) is 200 Å². The van der Waals surface area contributed by atoms with E-state index in [1.807, 2.05) is 48.5 Å². The van der Waals surface area contributed by atoms with Gasteiger partial charge in [-0.2, -0.15) is 5.10 Å². The Bertz CT molecular complexity index is 2930. The number of fused-ring (bicyclic) bond motifs is 3. The Morgan fingerprint density at radius 3 is 1.38 bits per heavy atom. The molecule has 0 spiro atoms. The van der Waals surface area contributed by atoms with Crippen LogP contribution >= 0.6 is 0 Å². The molecule has 2 heterocycles. The van der Waals surface area contributed by atoms with Crippen molar-refractivity contribution in [2.45, 2.75) is 0 Å². The largest absolute Gasteiger partial charge is 0.232 e. The van der Waals surface area contributed by atoms with Gasteiger partial charge in [-0.25, -0.2) is 19.6 Å². The summed E-state index contributed by atoms with van der Waals surface area (Å²) in [6.45, 7) is 0. The Morgan fingerprint density at radius 2 is 0.782 bits per heavy atom. The molecule has 55 heavy (non-hydrogen) atoms. The molecule has 0 N–H and O–H groups in total. The zero-order valence-corrected chi connectivity index (χ0v) is 29.8. The average Bonchev–Trinajstić information content (AvgIpc) is 3.68. The van der Waals surface area contributed by atoms with Crippen molar-refractivity contribution in [1.29, 1.82) is 0 Å². The number of hydrogen-bond donors (Lipinski definition) is 0. The number of para-hydroxylation sites is 1. The van der Waals surface area contributed by atoms with Gasteiger partial charge in [0.15, 0.2) is 17.5 Å². The van der Waals surface area contributed by atoms with Crippen LogP contribution in [0.3, 0.4) is 0 Å². The normalized spacial score (nSPS) is 11.3. The third kappa shape index (κ3) is 6.04. The maximum absolute atomic E-state index is 5.35. The first-order chi connectivity index (χ1) is 27.3. The van der Waals surface area contributed by atoms with E-state index in [1.54, 1.807) is 0 Å². The molecule has 0 aliphatic carbocycles. The smallest absolute Gasteiger partial charge is 0.164 e. The Morgan fingerprint density at radius 1 is 0.345 bits per heavy atom. The van der Waals surface area contributed by atoms with Crippen LogP contribution in [0, 0.1) is 0 Å². The van der Waals surface area contributed by atoms with Crippen LogP contribution in [-0.2, 0) is 0 Å². The Kier molecular flexibility index (Phi) is 8.08. The minimum atomic E-state index is 0.612. The Labute approximate surface area is 318 Å². The fourth-order valence-corrected chi connectivity index (χ4v) is 7.38. The highest BCUT2D eigenvalue weighted by Crippen LogP contribution is 2.42. The summed E-state index contributed by atoms with van der Waals surface area (Å²) < 4.78 is 2.10. The van der Waals surface area contributed by atoms with Crippen molar-refractivity contribution < 1.29 is 0 Å². The van der Waals surface area contributed by atoms with Crippen molar-refractivity contribution in [1.82, 2.24) is 24.7 Å². The van der Waals surface area contributed by atoms with Crippen LogP contribution in [0.25, 0.3) is 95.0 Å². The maximum atomic E-state index is 5.35. The molecular formula is C50H33N5. The molecule has 0 amide bonds. The van der Waals surface area contributed by atoms with Crippen molar-refractivity contribution in [3.63, 3.8) is 0 Å². The SMILES string of the molecule is c1ccc(-c2ccc(-c3nc(-c4ccccc4)nc(-c4ccc5c(c4)cc(-c4ccccc4)c4c(-c6ccccc6)nn(-c6ccccc6)c45)n3)cc2)cc1. The molecule has 5 heteroatoms. The lowest BCUT2D eigenvalue weighted by Gasteiger charge is -2.13. The molecule has 5 nitrogen and oxygen atoms in total. The van der Waals surface area contributed by atoms with Gasteiger partial charge in [0.2, 0.25) is 0 Å². The molecule has 2 aromatic heterocycles. The minimum Gasteiger partial charge on any atom is -0.232 e. The van der Waals surface area contributed by atoms with Gasteiger partial charge in [-0.05, 0) is 51.9 Å². The van der Waals surface area contributed by atoms with Crippen LogP contribution in [0.2, 0.25) is 0 Å². The van der Waals surface area contributed by atoms with Gasteiger partial charge in [0.25, 0.3) is 0 Å². The van der Waals surface area contributed by atoms with E-state index < -0.39 is 0 Å². The van der Waals surface area contributed by atoms with E-state index in [-0.39, 0.29) is 0 Å². The molecule has 8 aromatic carbocycles. The van der Waals surface area contributed by atoms with E-state index in [0.717, 1.165) is 72.0 Å². The zero-order valence-electron chi connectivity index (χ0n) is 29.8. The lowest BCUT2D eigenvalue weighted by Crippen LogP contribution is -2.00. The number of hydrogen-bond acceptors (Lipinski definition) is 4. The predicted molar refractivity (Wildman–Crippen MR) is 225 cm³/mol. The molecule has 0 saturated carbocycles. The van der Waals surface area contributed by atoms with Crippen LogP contribution in [0.1, 0.15) is 0 Å². The molecule has 258 valence electrons. The van der Waals surface area contributed by atoms with Crippen LogP contribution in [-0.4, -0.2) is 24.7 Å². The molecule has 0 atom stereocenters. The summed E-state index contributed by atoms with van der Waals surface area (Å²) in [5, 5.41) is 8.61. The van der Waals surface area contributed by atoms with Crippen LogP contribution in [0.5, 0.6) is 0 Å². The summed E-state index contributed by atoms with van der Waals surface area (Å²) in [4.78, 5) is 15.2. The fraction of sp³-hybridized carbons (Fsp3) is 0. The molecule has 10 rings (SSSR count). The molecule has 0 radical (unpaired) electrons. The average molecular weight is 704 g/mol. The van der Waals surface area contributed by atoms with Gasteiger partial charge in [-0.15, -0.1) is 0 Å². The van der Waals surface area contributed by atoms with E-state index in [9.17, 15) is 0 Å². The highest BCUT2D eigenvalue weighted by atomic mass is 15.3. The second-order valence-electron chi connectivity index (χ2n) is 13.5. The first-order valence-corrected chi connectivity index (χ1v) is 18.4. The van der Waals surface area contributed by atoms with Gasteiger partial charge < -0.3 is 0 Å². The lowest BCUT2D eigenvalue weighted by atomic mass is 9.93. The Balaban J connectivity index is 1.20. The van der Waals surface area contributed by atoms with Crippen molar-refractivity contribution in [3.8, 4) is 73.4 Å². The number of aromatic nitrogens is 5. The number of nitrogens with zero attached hydrogens (tertiary/aromatic N) is 5. The number of rotatable bonds is 7. The van der Waals surface area contributed by atoms with Crippen molar-refractivity contribution in [2.75, 3.05) is 0 Å². The summed E-state index contributed by atoms with van der Waals surface area (Å²) in [7, 11) is 0. The second kappa shape index (κ2) is 13.8. The minimum absolute atomic E-state index is 0.612. The molecule has 0 saturated heterocycles. The molecule has 0 aliphatic heterocycles. The first kappa shape index (κ1) is 32.2. The van der Waals surface area contributed by atoms with Crippen LogP contribution in [0.4, 0.5) is 0 Å². The molecule has 0 unspecified atom stereocenters. The van der Waals surface area contributed by atoms with Crippen molar-refractivity contribution >= 4 is 21.7 Å². The number of benzene rings is 8. The van der Waals surface area contributed by atoms with E-state index in [2.05, 4.69) is 156 Å². The molecule has 10 aromatic rings. The highest BCUT2D eigenvalue weighted by molar-refractivity contribution is 6.17. The van der Waals surface area contributed by atoms with Crippen molar-refractivity contribution in [2.24, 2.45) is 0 Å². The third-order valence-electron chi connectivity index (χ3n) is 10.1. The molecular weight excluding hydrogens is 671 g/mol. The first-order valence-electron chi connectivity index (χ1n) is 18.4. The van der Waals surface area contributed by atoms with E-state index >= 15 is 0 Å². The summed E-state index contributed by atoms with van der Waals surface area (Å²) in [6.07, 6.45) is 0. The van der Waals surface area contributed by atoms with Gasteiger partial charge >= 0.3 is 0 Å². The topological polar surface area (TPSA) is 56.5 Å². The summed E-state index contributed by atoms with van der Waals surface area (Å²) in [5.41, 5.74) is 11.4. The van der Waals surface area contributed by atoms with E-state index in [1.165, 1.54) is 5.56 Å². The monoisotopic (exact) mass is 703 g/mol. The highest BCUT2D eigenvalue weighted by Gasteiger charge is 2.22. The third-order valence-corrected chi connectivity index (χ3v) is 10.1. The van der Waals surface area contributed by atoms with Crippen molar-refractivity contribution in [3.05, 3.63) is 200 Å². The van der Waals surface area contributed by atoms with Gasteiger partial charge in [0, 0.05) is 33.0 Å². The zero-order chi connectivity index (χ0) is 36.6. The van der Waals surface area contributed by atoms with E-state index in [4.69, 9.17) is 20.1 Å². The van der Waals surface area contributed by atoms with Gasteiger partial charge in [0.05, 0.1) is 11.2 Å². The van der Waals surface area contributed by atoms with Gasteiger partial charge in [-0.1, -0.05) is 176 Å². The standard InChI is InChI=1S/C50H33N5/c1-6-16-34(17-7-1)35-26-28-39(29-27-35)49-51-48(38-22-12-4-13-23-38)52-50(53-49)40-30-31-43-41(32-40)33-44(36-18-8-2-9-19-36)45-46(37-20-10-3-11-21-37)54-55(47(43)45)42-24-14-5-15-25-42/h1-33H.